The molecule has 0 spiro atoms. The largest absolute Gasteiger partial charge is 0.307 e. The Hall–Kier alpha value is -6.78. The Morgan fingerprint density at radius 1 is 0.316 bits per heavy atom. The van der Waals surface area contributed by atoms with Gasteiger partial charge in [0.15, 0.2) is 0 Å². The molecule has 0 atom stereocenters. The number of fused-ring (bicyclic) bond motifs is 10. The Balaban J connectivity index is 1.27. The third-order valence-electron chi connectivity index (χ3n) is 11.6. The molecule has 0 aliphatic carbocycles. The van der Waals surface area contributed by atoms with Crippen LogP contribution in [0.2, 0.25) is 0 Å². The average Bonchev–Trinajstić information content (AvgIpc) is 3.96. The van der Waals surface area contributed by atoms with Crippen LogP contribution in [0.15, 0.2) is 200 Å². The normalized spacial score (nSPS) is 11.9. The summed E-state index contributed by atoms with van der Waals surface area (Å²) >= 11 is 3.78. The molecule has 0 aliphatic rings. The molecule has 57 heavy (non-hydrogen) atoms. The van der Waals surface area contributed by atoms with Gasteiger partial charge in [0.25, 0.3) is 0 Å². The van der Waals surface area contributed by atoms with Gasteiger partial charge in [-0.1, -0.05) is 152 Å². The summed E-state index contributed by atoms with van der Waals surface area (Å²) in [6.07, 6.45) is 0. The first-order valence-electron chi connectivity index (χ1n) is 19.4. The van der Waals surface area contributed by atoms with Crippen molar-refractivity contribution < 1.29 is 0 Å². The number of nitrogens with zero attached hydrogens (tertiary/aromatic N) is 1. The number of para-hydroxylation sites is 1. The molecule has 0 aliphatic heterocycles. The van der Waals surface area contributed by atoms with Crippen molar-refractivity contribution in [1.29, 1.82) is 0 Å². The molecule has 0 bridgehead atoms. The summed E-state index contributed by atoms with van der Waals surface area (Å²) < 4.78 is 7.82. The van der Waals surface area contributed by atoms with Crippen molar-refractivity contribution in [1.82, 2.24) is 4.57 Å². The van der Waals surface area contributed by atoms with Gasteiger partial charge in [0.05, 0.1) is 16.7 Å². The minimum atomic E-state index is 1.19. The van der Waals surface area contributed by atoms with Crippen LogP contribution in [0.4, 0.5) is 0 Å². The van der Waals surface area contributed by atoms with Gasteiger partial charge in [-0.05, 0) is 76.3 Å². The van der Waals surface area contributed by atoms with Crippen LogP contribution in [0.1, 0.15) is 0 Å². The lowest BCUT2D eigenvalue weighted by Crippen LogP contribution is -2.02. The van der Waals surface area contributed by atoms with Crippen LogP contribution in [0, 0.1) is 0 Å². The lowest BCUT2D eigenvalue weighted by molar-refractivity contribution is 1.19. The zero-order valence-electron chi connectivity index (χ0n) is 30.8. The summed E-state index contributed by atoms with van der Waals surface area (Å²) in [7, 11) is 0. The molecule has 3 heterocycles. The van der Waals surface area contributed by atoms with Crippen molar-refractivity contribution in [2.75, 3.05) is 0 Å². The Morgan fingerprint density at radius 3 is 1.54 bits per heavy atom. The fourth-order valence-electron chi connectivity index (χ4n) is 9.04. The second kappa shape index (κ2) is 12.9. The van der Waals surface area contributed by atoms with Gasteiger partial charge in [0.1, 0.15) is 0 Å². The predicted molar refractivity (Wildman–Crippen MR) is 248 cm³/mol. The quantitative estimate of drug-likeness (QED) is 0.165. The maximum Gasteiger partial charge on any atom is 0.0634 e. The highest BCUT2D eigenvalue weighted by atomic mass is 32.1. The first-order valence-corrected chi connectivity index (χ1v) is 21.1. The molecule has 1 nitrogen and oxygen atoms in total. The molecule has 0 saturated heterocycles. The summed E-state index contributed by atoms with van der Waals surface area (Å²) in [5.74, 6) is 0. The third-order valence-corrected chi connectivity index (χ3v) is 13.9. The molecule has 266 valence electrons. The van der Waals surface area contributed by atoms with Crippen LogP contribution in [0.5, 0.6) is 0 Å². The monoisotopic (exact) mass is 759 g/mol. The van der Waals surface area contributed by atoms with Gasteiger partial charge >= 0.3 is 0 Å². The highest BCUT2D eigenvalue weighted by Gasteiger charge is 2.25. The predicted octanol–water partition coefficient (Wildman–Crippen LogP) is 16.2. The van der Waals surface area contributed by atoms with E-state index in [1.54, 1.807) is 0 Å². The molecular formula is C54H33NS2. The van der Waals surface area contributed by atoms with Gasteiger partial charge in [-0.3, -0.25) is 0 Å². The SMILES string of the molecule is c1ccc(-c2cc(-c3cc(-c4ccccc4)c(-n4c5ccccc5c5ccc6sc7ccccc7c6c54)c(-c4ccccc4)c3)c3sc4ccccc4c3c2)cc1. The molecule has 12 aromatic rings. The molecule has 0 N–H and O–H groups in total. The van der Waals surface area contributed by atoms with Gasteiger partial charge in [0.2, 0.25) is 0 Å². The lowest BCUT2D eigenvalue weighted by Gasteiger charge is -2.22. The molecule has 0 amide bonds. The molecule has 12 rings (SSSR count). The Morgan fingerprint density at radius 2 is 0.860 bits per heavy atom. The summed E-state index contributed by atoms with van der Waals surface area (Å²) in [6.45, 7) is 0. The van der Waals surface area contributed by atoms with E-state index in [2.05, 4.69) is 205 Å². The van der Waals surface area contributed by atoms with Gasteiger partial charge in [0, 0.05) is 67.8 Å². The van der Waals surface area contributed by atoms with E-state index in [1.807, 2.05) is 22.7 Å². The fourth-order valence-corrected chi connectivity index (χ4v) is 11.4. The smallest absolute Gasteiger partial charge is 0.0634 e. The zero-order valence-corrected chi connectivity index (χ0v) is 32.4. The topological polar surface area (TPSA) is 4.93 Å². The molecule has 0 unspecified atom stereocenters. The molecule has 0 fully saturated rings. The second-order valence-electron chi connectivity index (χ2n) is 14.8. The van der Waals surface area contributed by atoms with Gasteiger partial charge in [-0.15, -0.1) is 22.7 Å². The molecular weight excluding hydrogens is 727 g/mol. The van der Waals surface area contributed by atoms with Crippen LogP contribution in [-0.2, 0) is 0 Å². The highest BCUT2D eigenvalue weighted by molar-refractivity contribution is 7.26. The lowest BCUT2D eigenvalue weighted by atomic mass is 9.89. The van der Waals surface area contributed by atoms with Crippen molar-refractivity contribution in [3.05, 3.63) is 200 Å². The summed E-state index contributed by atoms with van der Waals surface area (Å²) in [5.41, 5.74) is 13.3. The first-order chi connectivity index (χ1) is 28.3. The molecule has 3 aromatic heterocycles. The van der Waals surface area contributed by atoms with E-state index >= 15 is 0 Å². The van der Waals surface area contributed by atoms with E-state index in [0.717, 1.165) is 0 Å². The Bertz CT molecular complexity index is 3440. The fraction of sp³-hybridized carbons (Fsp3) is 0. The van der Waals surface area contributed by atoms with Gasteiger partial charge in [-0.25, -0.2) is 0 Å². The van der Waals surface area contributed by atoms with Gasteiger partial charge in [-0.2, -0.15) is 0 Å². The van der Waals surface area contributed by atoms with E-state index in [-0.39, 0.29) is 0 Å². The molecule has 0 radical (unpaired) electrons. The number of hydrogen-bond donors (Lipinski definition) is 0. The van der Waals surface area contributed by atoms with Crippen molar-refractivity contribution >= 4 is 84.8 Å². The zero-order chi connectivity index (χ0) is 37.5. The molecule has 3 heteroatoms. The van der Waals surface area contributed by atoms with Crippen LogP contribution >= 0.6 is 22.7 Å². The number of rotatable bonds is 5. The van der Waals surface area contributed by atoms with Crippen molar-refractivity contribution in [3.8, 4) is 50.2 Å². The number of hydrogen-bond acceptors (Lipinski definition) is 2. The maximum atomic E-state index is 2.59. The van der Waals surface area contributed by atoms with Crippen LogP contribution in [0.25, 0.3) is 112 Å². The average molecular weight is 760 g/mol. The molecule has 0 saturated carbocycles. The maximum absolute atomic E-state index is 2.59. The third kappa shape index (κ3) is 5.06. The van der Waals surface area contributed by atoms with Crippen molar-refractivity contribution in [2.24, 2.45) is 0 Å². The van der Waals surface area contributed by atoms with Crippen LogP contribution in [-0.4, -0.2) is 4.57 Å². The van der Waals surface area contributed by atoms with E-state index in [4.69, 9.17) is 0 Å². The minimum absolute atomic E-state index is 1.19. The molecule has 9 aromatic carbocycles. The number of aromatic nitrogens is 1. The van der Waals surface area contributed by atoms with Crippen LogP contribution < -0.4 is 0 Å². The van der Waals surface area contributed by atoms with E-state index in [9.17, 15) is 0 Å². The summed E-state index contributed by atoms with van der Waals surface area (Å²) in [6, 6.07) is 74.0. The summed E-state index contributed by atoms with van der Waals surface area (Å²) in [5, 5.41) is 7.75. The van der Waals surface area contributed by atoms with Crippen LogP contribution in [0.3, 0.4) is 0 Å². The summed E-state index contributed by atoms with van der Waals surface area (Å²) in [4.78, 5) is 0. The van der Waals surface area contributed by atoms with E-state index in [0.29, 0.717) is 0 Å². The van der Waals surface area contributed by atoms with Crippen molar-refractivity contribution in [3.63, 3.8) is 0 Å². The first kappa shape index (κ1) is 32.5. The van der Waals surface area contributed by atoms with E-state index in [1.165, 1.54) is 112 Å². The Kier molecular flexibility index (Phi) is 7.34. The standard InChI is InChI=1S/C54H33NS2/c1-4-16-34(17-5-1)37-30-45(54-46(31-37)40-23-11-14-26-48(40)57-54)38-32-43(35-18-6-2-7-19-35)52(44(33-38)36-20-8-3-9-21-36)55-47-25-13-10-22-39(47)41-28-29-50-51(53(41)55)42-24-12-15-27-49(42)56-50/h1-33H. The Labute approximate surface area is 338 Å². The second-order valence-corrected chi connectivity index (χ2v) is 16.9. The van der Waals surface area contributed by atoms with Crippen molar-refractivity contribution in [2.45, 2.75) is 0 Å². The number of thiophene rings is 2. The van der Waals surface area contributed by atoms with E-state index < -0.39 is 0 Å². The van der Waals surface area contributed by atoms with Gasteiger partial charge < -0.3 is 4.57 Å². The highest BCUT2D eigenvalue weighted by Crippen LogP contribution is 2.49. The number of benzene rings is 9. The minimum Gasteiger partial charge on any atom is -0.307 e.